The van der Waals surface area contributed by atoms with Crippen LogP contribution in [0.1, 0.15) is 24.9 Å². The van der Waals surface area contributed by atoms with Crippen LogP contribution < -0.4 is 5.32 Å². The van der Waals surface area contributed by atoms with Crippen molar-refractivity contribution < 1.29 is 5.11 Å². The van der Waals surface area contributed by atoms with Gasteiger partial charge in [-0.25, -0.2) is 0 Å². The number of hydrogen-bond donors (Lipinski definition) is 2. The average Bonchev–Trinajstić information content (AvgIpc) is 2.48. The van der Waals surface area contributed by atoms with Crippen molar-refractivity contribution in [3.63, 3.8) is 0 Å². The summed E-state index contributed by atoms with van der Waals surface area (Å²) in [6.07, 6.45) is 2.96. The topological polar surface area (TPSA) is 32.3 Å². The summed E-state index contributed by atoms with van der Waals surface area (Å²) in [6, 6.07) is 14.0. The summed E-state index contributed by atoms with van der Waals surface area (Å²) in [7, 11) is 0. The van der Waals surface area contributed by atoms with Crippen molar-refractivity contribution in [1.82, 2.24) is 0 Å². The van der Waals surface area contributed by atoms with Gasteiger partial charge in [-0.2, -0.15) is 0 Å². The maximum absolute atomic E-state index is 10.0. The summed E-state index contributed by atoms with van der Waals surface area (Å²) in [5.74, 6) is 0.327. The molecule has 106 valence electrons. The van der Waals surface area contributed by atoms with Gasteiger partial charge in [0.05, 0.1) is 6.04 Å². The first kappa shape index (κ1) is 15.3. The summed E-state index contributed by atoms with van der Waals surface area (Å²) in [5, 5.41) is 13.5. The Morgan fingerprint density at radius 1 is 1.20 bits per heavy atom. The fourth-order valence-electron chi connectivity index (χ4n) is 2.09. The number of phenolic OH excluding ortho intramolecular Hbond substituents is 1. The highest BCUT2D eigenvalue weighted by molar-refractivity contribution is 9.10. The van der Waals surface area contributed by atoms with E-state index in [-0.39, 0.29) is 6.04 Å². The molecule has 0 saturated carbocycles. The maximum atomic E-state index is 10.0. The third-order valence-corrected chi connectivity index (χ3v) is 4.44. The van der Waals surface area contributed by atoms with Gasteiger partial charge >= 0.3 is 0 Å². The van der Waals surface area contributed by atoms with Crippen molar-refractivity contribution in [3.8, 4) is 5.75 Å². The molecule has 0 aliphatic rings. The molecular weight excluding hydrogens is 334 g/mol. The van der Waals surface area contributed by atoms with Crippen molar-refractivity contribution >= 4 is 33.4 Å². The van der Waals surface area contributed by atoms with E-state index in [1.54, 1.807) is 17.8 Å². The minimum absolute atomic E-state index is 0.0904. The van der Waals surface area contributed by atoms with Crippen molar-refractivity contribution in [1.29, 1.82) is 0 Å². The molecule has 2 aromatic rings. The van der Waals surface area contributed by atoms with Crippen molar-refractivity contribution in [3.05, 3.63) is 52.5 Å². The van der Waals surface area contributed by atoms with Crippen LogP contribution in [0.15, 0.2) is 51.8 Å². The van der Waals surface area contributed by atoms with Crippen LogP contribution in [0.4, 0.5) is 5.69 Å². The van der Waals surface area contributed by atoms with E-state index in [0.29, 0.717) is 5.75 Å². The second-order valence-corrected chi connectivity index (χ2v) is 6.33. The minimum atomic E-state index is 0.0904. The van der Waals surface area contributed by atoms with E-state index in [1.165, 1.54) is 4.90 Å². The lowest BCUT2D eigenvalue weighted by molar-refractivity contribution is 0.462. The van der Waals surface area contributed by atoms with Gasteiger partial charge in [0.2, 0.25) is 0 Å². The highest BCUT2D eigenvalue weighted by atomic mass is 79.9. The molecule has 0 amide bonds. The second kappa shape index (κ2) is 7.04. The number of anilines is 1. The van der Waals surface area contributed by atoms with Crippen LogP contribution in [0.25, 0.3) is 0 Å². The molecule has 0 saturated heterocycles. The van der Waals surface area contributed by atoms with Crippen molar-refractivity contribution in [2.75, 3.05) is 11.6 Å². The zero-order chi connectivity index (χ0) is 14.5. The highest BCUT2D eigenvalue weighted by Crippen LogP contribution is 2.32. The Morgan fingerprint density at radius 2 is 1.90 bits per heavy atom. The average molecular weight is 352 g/mol. The molecule has 1 atom stereocenters. The molecule has 0 spiro atoms. The second-order valence-electron chi connectivity index (χ2n) is 4.54. The van der Waals surface area contributed by atoms with Crippen LogP contribution in [-0.4, -0.2) is 11.4 Å². The van der Waals surface area contributed by atoms with E-state index >= 15 is 0 Å². The molecule has 2 rings (SSSR count). The lowest BCUT2D eigenvalue weighted by Crippen LogP contribution is -2.09. The largest absolute Gasteiger partial charge is 0.508 e. The molecule has 1 unspecified atom stereocenters. The molecule has 0 fully saturated rings. The van der Waals surface area contributed by atoms with Crippen LogP contribution >= 0.6 is 27.7 Å². The first-order chi connectivity index (χ1) is 9.63. The van der Waals surface area contributed by atoms with Crippen LogP contribution in [0.3, 0.4) is 0 Å². The minimum Gasteiger partial charge on any atom is -0.508 e. The molecule has 4 heteroatoms. The van der Waals surface area contributed by atoms with Gasteiger partial charge in [0.15, 0.2) is 0 Å². The Hall–Kier alpha value is -1.13. The summed E-state index contributed by atoms with van der Waals surface area (Å²) in [5.41, 5.74) is 1.98. The highest BCUT2D eigenvalue weighted by Gasteiger charge is 2.14. The molecule has 2 N–H and O–H groups in total. The van der Waals surface area contributed by atoms with Gasteiger partial charge in [-0.1, -0.05) is 22.9 Å². The predicted molar refractivity (Wildman–Crippen MR) is 90.7 cm³/mol. The summed E-state index contributed by atoms with van der Waals surface area (Å²) >= 11 is 5.19. The summed E-state index contributed by atoms with van der Waals surface area (Å²) in [4.78, 5) is 1.24. The van der Waals surface area contributed by atoms with Crippen LogP contribution in [0.2, 0.25) is 0 Å². The number of phenols is 1. The quantitative estimate of drug-likeness (QED) is 0.703. The molecule has 0 bridgehead atoms. The number of nitrogens with one attached hydrogen (secondary N) is 1. The van der Waals surface area contributed by atoms with Crippen LogP contribution in [0.5, 0.6) is 5.75 Å². The third-order valence-electron chi connectivity index (χ3n) is 3.20. The molecular formula is C16H18BrNOS. The van der Waals surface area contributed by atoms with E-state index < -0.39 is 0 Å². The Bertz CT molecular complexity index is 571. The molecule has 2 nitrogen and oxygen atoms in total. The molecule has 0 heterocycles. The fraction of sp³-hybridized carbons (Fsp3) is 0.250. The van der Waals surface area contributed by atoms with E-state index in [9.17, 15) is 5.11 Å². The zero-order valence-electron chi connectivity index (χ0n) is 11.6. The van der Waals surface area contributed by atoms with Crippen molar-refractivity contribution in [2.24, 2.45) is 0 Å². The Morgan fingerprint density at radius 3 is 2.50 bits per heavy atom. The first-order valence-electron chi connectivity index (χ1n) is 6.53. The summed E-state index contributed by atoms with van der Waals surface area (Å²) in [6.45, 7) is 2.11. The molecule has 2 aromatic carbocycles. The van der Waals surface area contributed by atoms with Gasteiger partial charge in [0.1, 0.15) is 5.75 Å². The number of hydrogen-bond acceptors (Lipinski definition) is 3. The lowest BCUT2D eigenvalue weighted by atomic mass is 10.0. The molecule has 20 heavy (non-hydrogen) atoms. The van der Waals surface area contributed by atoms with E-state index in [2.05, 4.69) is 58.7 Å². The Labute approximate surface area is 132 Å². The number of benzene rings is 2. The Kier molecular flexibility index (Phi) is 5.38. The third kappa shape index (κ3) is 3.70. The normalized spacial score (nSPS) is 12.2. The van der Waals surface area contributed by atoms with Crippen LogP contribution in [-0.2, 0) is 0 Å². The molecule has 0 radical (unpaired) electrons. The number of halogens is 1. The Balaban J connectivity index is 2.21. The lowest BCUT2D eigenvalue weighted by Gasteiger charge is -2.20. The molecule has 0 aromatic heterocycles. The van der Waals surface area contributed by atoms with E-state index in [4.69, 9.17) is 0 Å². The van der Waals surface area contributed by atoms with Gasteiger partial charge in [-0.15, -0.1) is 11.8 Å². The van der Waals surface area contributed by atoms with Gasteiger partial charge < -0.3 is 10.4 Å². The monoisotopic (exact) mass is 351 g/mol. The first-order valence-corrected chi connectivity index (χ1v) is 8.54. The fourth-order valence-corrected chi connectivity index (χ4v) is 2.88. The smallest absolute Gasteiger partial charge is 0.120 e. The number of aromatic hydroxyl groups is 1. The van der Waals surface area contributed by atoms with Gasteiger partial charge in [0, 0.05) is 20.6 Å². The number of thioether (sulfide) groups is 1. The van der Waals surface area contributed by atoms with Crippen molar-refractivity contribution in [2.45, 2.75) is 24.3 Å². The van der Waals surface area contributed by atoms with Crippen LogP contribution in [0, 0.1) is 0 Å². The van der Waals surface area contributed by atoms with Gasteiger partial charge in [0.25, 0.3) is 0 Å². The van der Waals surface area contributed by atoms with Gasteiger partial charge in [-0.3, -0.25) is 0 Å². The predicted octanol–water partition coefficient (Wildman–Crippen LogP) is 5.44. The standard InChI is InChI=1S/C16H18BrNOS/c1-3-15(14-10-11(17)4-9-16(14)19)18-12-5-7-13(20-2)8-6-12/h4-10,15,18-19H,3H2,1-2H3. The number of rotatable bonds is 5. The maximum Gasteiger partial charge on any atom is 0.120 e. The SMILES string of the molecule is CCC(Nc1ccc(SC)cc1)c1cc(Br)ccc1O. The van der Waals surface area contributed by atoms with E-state index in [0.717, 1.165) is 22.1 Å². The molecule has 0 aliphatic heterocycles. The zero-order valence-corrected chi connectivity index (χ0v) is 14.0. The van der Waals surface area contributed by atoms with E-state index in [1.807, 2.05) is 12.1 Å². The van der Waals surface area contributed by atoms with Gasteiger partial charge in [-0.05, 0) is 55.1 Å². The molecule has 0 aliphatic carbocycles. The summed E-state index contributed by atoms with van der Waals surface area (Å²) < 4.78 is 0.975.